The number of anilines is 2. The highest BCUT2D eigenvalue weighted by Crippen LogP contribution is 2.20. The quantitative estimate of drug-likeness (QED) is 0.561. The van der Waals surface area contributed by atoms with Gasteiger partial charge in [0.1, 0.15) is 12.1 Å². The minimum atomic E-state index is 0.238. The molecule has 0 saturated heterocycles. The number of aromatic hydroxyl groups is 1. The maximum Gasteiger partial charge on any atom is 0.199 e. The van der Waals surface area contributed by atoms with Gasteiger partial charge >= 0.3 is 0 Å². The molecule has 5 N–H and O–H groups in total. The Morgan fingerprint density at radius 2 is 2.11 bits per heavy atom. The number of H-pyrrole nitrogens is 1. The molecule has 3 rings (SSSR count). The van der Waals surface area contributed by atoms with E-state index in [1.54, 1.807) is 12.1 Å². The first-order valence-corrected chi connectivity index (χ1v) is 5.71. The van der Waals surface area contributed by atoms with E-state index in [4.69, 9.17) is 5.73 Å². The minimum absolute atomic E-state index is 0.238. The molecule has 2 aromatic heterocycles. The fourth-order valence-electron chi connectivity index (χ4n) is 1.81. The van der Waals surface area contributed by atoms with Crippen molar-refractivity contribution in [2.75, 3.05) is 11.1 Å². The van der Waals surface area contributed by atoms with Crippen molar-refractivity contribution in [3.8, 4) is 5.75 Å². The van der Waals surface area contributed by atoms with Gasteiger partial charge in [-0.2, -0.15) is 0 Å². The third-order valence-corrected chi connectivity index (χ3v) is 2.74. The highest BCUT2D eigenvalue weighted by atomic mass is 16.3. The van der Waals surface area contributed by atoms with Crippen LogP contribution in [-0.2, 0) is 6.54 Å². The molecule has 96 valence electrons. The number of fused-ring (bicyclic) bond motifs is 1. The first-order chi connectivity index (χ1) is 9.24. The second-order valence-corrected chi connectivity index (χ2v) is 4.02. The van der Waals surface area contributed by atoms with Crippen molar-refractivity contribution in [3.63, 3.8) is 0 Å². The first kappa shape index (κ1) is 11.3. The molecule has 0 radical (unpaired) electrons. The summed E-state index contributed by atoms with van der Waals surface area (Å²) in [5.74, 6) is 1.10. The van der Waals surface area contributed by atoms with Crippen LogP contribution < -0.4 is 11.1 Å². The Hall–Kier alpha value is -2.83. The van der Waals surface area contributed by atoms with E-state index in [1.165, 1.54) is 6.33 Å². The molecule has 0 aliphatic rings. The third kappa shape index (κ3) is 2.13. The number of benzene rings is 1. The van der Waals surface area contributed by atoms with Gasteiger partial charge in [-0.05, 0) is 6.07 Å². The maximum atomic E-state index is 9.69. The number of imidazole rings is 1. The van der Waals surface area contributed by atoms with Gasteiger partial charge in [0.05, 0.1) is 0 Å². The van der Waals surface area contributed by atoms with Crippen LogP contribution in [0.15, 0.2) is 30.6 Å². The summed E-state index contributed by atoms with van der Waals surface area (Å²) in [4.78, 5) is 15.1. The molecule has 0 saturated carbocycles. The summed E-state index contributed by atoms with van der Waals surface area (Å²) < 4.78 is 0. The molecule has 2 heterocycles. The molecule has 3 aromatic rings. The standard InChI is InChI=1S/C12H12N6O/c13-12-17-9-10(15-6-16-11(9)18-12)14-5-7-3-1-2-4-8(7)19/h1-4,6,19H,5H2,(H4,13,14,15,16,17,18). The van der Waals surface area contributed by atoms with Gasteiger partial charge in [0, 0.05) is 12.1 Å². The van der Waals surface area contributed by atoms with Gasteiger partial charge in [-0.15, -0.1) is 0 Å². The second kappa shape index (κ2) is 4.45. The van der Waals surface area contributed by atoms with Crippen LogP contribution >= 0.6 is 0 Å². The van der Waals surface area contributed by atoms with E-state index in [1.807, 2.05) is 12.1 Å². The van der Waals surface area contributed by atoms with Gasteiger partial charge in [-0.3, -0.25) is 0 Å². The van der Waals surface area contributed by atoms with Gasteiger partial charge in [-0.25, -0.2) is 15.0 Å². The van der Waals surface area contributed by atoms with Crippen molar-refractivity contribution >= 4 is 22.9 Å². The number of nitrogens with two attached hydrogens (primary N) is 1. The minimum Gasteiger partial charge on any atom is -0.508 e. The zero-order valence-electron chi connectivity index (χ0n) is 9.96. The second-order valence-electron chi connectivity index (χ2n) is 4.02. The highest BCUT2D eigenvalue weighted by molar-refractivity contribution is 5.83. The summed E-state index contributed by atoms with van der Waals surface area (Å²) in [6.45, 7) is 0.436. The number of nitrogens with one attached hydrogen (secondary N) is 2. The van der Waals surface area contributed by atoms with Gasteiger partial charge < -0.3 is 21.1 Å². The molecule has 0 unspecified atom stereocenters. The number of aromatic nitrogens is 4. The van der Waals surface area contributed by atoms with Crippen LogP contribution in [-0.4, -0.2) is 25.0 Å². The Balaban J connectivity index is 1.88. The number of hydrogen-bond donors (Lipinski definition) is 4. The van der Waals surface area contributed by atoms with Crippen molar-refractivity contribution in [2.24, 2.45) is 0 Å². The van der Waals surface area contributed by atoms with E-state index in [0.717, 1.165) is 5.56 Å². The molecule has 0 fully saturated rings. The Morgan fingerprint density at radius 1 is 1.26 bits per heavy atom. The third-order valence-electron chi connectivity index (χ3n) is 2.74. The lowest BCUT2D eigenvalue weighted by Gasteiger charge is -2.07. The van der Waals surface area contributed by atoms with Gasteiger partial charge in [0.2, 0.25) is 0 Å². The maximum absolute atomic E-state index is 9.69. The molecule has 0 spiro atoms. The first-order valence-electron chi connectivity index (χ1n) is 5.71. The molecule has 0 aliphatic carbocycles. The number of rotatable bonds is 3. The Bertz CT molecular complexity index is 723. The van der Waals surface area contributed by atoms with Gasteiger partial charge in [0.25, 0.3) is 0 Å². The molecule has 7 heteroatoms. The fourth-order valence-corrected chi connectivity index (χ4v) is 1.81. The predicted octanol–water partition coefficient (Wildman–Crippen LogP) is 1.25. The SMILES string of the molecule is Nc1nc2c(NCc3ccccc3O)ncnc2[nH]1. The number of phenolic OH excluding ortho intramolecular Hbond substituents is 1. The molecular formula is C12H12N6O. The summed E-state index contributed by atoms with van der Waals surface area (Å²) in [5.41, 5.74) is 7.52. The average molecular weight is 256 g/mol. The zero-order valence-corrected chi connectivity index (χ0v) is 9.96. The Morgan fingerprint density at radius 3 is 2.95 bits per heavy atom. The number of nitrogen functional groups attached to an aromatic ring is 1. The van der Waals surface area contributed by atoms with Crippen molar-refractivity contribution in [2.45, 2.75) is 6.54 Å². The Kier molecular flexibility index (Phi) is 2.64. The number of aromatic amines is 1. The normalized spacial score (nSPS) is 10.7. The lowest BCUT2D eigenvalue weighted by molar-refractivity contribution is 0.469. The Labute approximate surface area is 108 Å². The number of phenols is 1. The van der Waals surface area contributed by atoms with Crippen LogP contribution in [0.1, 0.15) is 5.56 Å². The summed E-state index contributed by atoms with van der Waals surface area (Å²) in [6, 6.07) is 7.10. The average Bonchev–Trinajstić information content (AvgIpc) is 2.78. The zero-order chi connectivity index (χ0) is 13.2. The molecule has 0 aliphatic heterocycles. The van der Waals surface area contributed by atoms with Gasteiger partial charge in [-0.1, -0.05) is 18.2 Å². The highest BCUT2D eigenvalue weighted by Gasteiger charge is 2.08. The van der Waals surface area contributed by atoms with Crippen molar-refractivity contribution < 1.29 is 5.11 Å². The monoisotopic (exact) mass is 256 g/mol. The van der Waals surface area contributed by atoms with Crippen LogP contribution in [0.5, 0.6) is 5.75 Å². The molecule has 0 bridgehead atoms. The summed E-state index contributed by atoms with van der Waals surface area (Å²) in [6.07, 6.45) is 1.42. The van der Waals surface area contributed by atoms with E-state index in [9.17, 15) is 5.11 Å². The topological polar surface area (TPSA) is 113 Å². The lowest BCUT2D eigenvalue weighted by atomic mass is 10.2. The summed E-state index contributed by atoms with van der Waals surface area (Å²) in [7, 11) is 0. The van der Waals surface area contributed by atoms with Crippen LogP contribution in [0.3, 0.4) is 0 Å². The van der Waals surface area contributed by atoms with Crippen molar-refractivity contribution in [1.29, 1.82) is 0 Å². The van der Waals surface area contributed by atoms with E-state index >= 15 is 0 Å². The van der Waals surface area contributed by atoms with Crippen LogP contribution in [0, 0.1) is 0 Å². The fraction of sp³-hybridized carbons (Fsp3) is 0.0833. The molecule has 7 nitrogen and oxygen atoms in total. The predicted molar refractivity (Wildman–Crippen MR) is 71.5 cm³/mol. The lowest BCUT2D eigenvalue weighted by Crippen LogP contribution is -2.02. The largest absolute Gasteiger partial charge is 0.508 e. The molecule has 1 aromatic carbocycles. The van der Waals surface area contributed by atoms with E-state index in [0.29, 0.717) is 29.5 Å². The number of hydrogen-bond acceptors (Lipinski definition) is 6. The smallest absolute Gasteiger partial charge is 0.199 e. The molecule has 0 atom stereocenters. The van der Waals surface area contributed by atoms with Gasteiger partial charge in [0.15, 0.2) is 22.9 Å². The number of nitrogens with zero attached hydrogens (tertiary/aromatic N) is 3. The molecular weight excluding hydrogens is 244 g/mol. The van der Waals surface area contributed by atoms with E-state index < -0.39 is 0 Å². The number of para-hydroxylation sites is 1. The summed E-state index contributed by atoms with van der Waals surface area (Å²) in [5, 5.41) is 12.8. The molecule has 19 heavy (non-hydrogen) atoms. The van der Waals surface area contributed by atoms with Crippen LogP contribution in [0.4, 0.5) is 11.8 Å². The van der Waals surface area contributed by atoms with Crippen LogP contribution in [0.2, 0.25) is 0 Å². The van der Waals surface area contributed by atoms with Crippen molar-refractivity contribution in [1.82, 2.24) is 19.9 Å². The van der Waals surface area contributed by atoms with Crippen molar-refractivity contribution in [3.05, 3.63) is 36.2 Å². The molecule has 0 amide bonds. The van der Waals surface area contributed by atoms with E-state index in [-0.39, 0.29) is 5.75 Å². The van der Waals surface area contributed by atoms with E-state index in [2.05, 4.69) is 25.3 Å². The van der Waals surface area contributed by atoms with Crippen LogP contribution in [0.25, 0.3) is 11.2 Å². The summed E-state index contributed by atoms with van der Waals surface area (Å²) >= 11 is 0.